The maximum absolute atomic E-state index is 5.38. The minimum absolute atomic E-state index is 0.632. The molecule has 2 aromatic heterocycles. The lowest BCUT2D eigenvalue weighted by atomic mass is 10.2. The Morgan fingerprint density at radius 2 is 1.96 bits per heavy atom. The zero-order valence-corrected chi connectivity index (χ0v) is 16.0. The van der Waals surface area contributed by atoms with Crippen LogP contribution < -0.4 is 10.6 Å². The Morgan fingerprint density at radius 3 is 2.65 bits per heavy atom. The Morgan fingerprint density at radius 1 is 1.12 bits per heavy atom. The van der Waals surface area contributed by atoms with E-state index >= 15 is 0 Å². The van der Waals surface area contributed by atoms with Crippen molar-refractivity contribution in [1.82, 2.24) is 15.6 Å². The Balaban J connectivity index is 1.59. The van der Waals surface area contributed by atoms with E-state index in [0.717, 1.165) is 35.4 Å². The number of thiazole rings is 1. The second-order valence-corrected chi connectivity index (χ2v) is 7.30. The number of aromatic nitrogens is 1. The summed E-state index contributed by atoms with van der Waals surface area (Å²) in [5, 5.41) is 7.83. The van der Waals surface area contributed by atoms with E-state index in [2.05, 4.69) is 34.7 Å². The van der Waals surface area contributed by atoms with Gasteiger partial charge in [0.05, 0.1) is 25.0 Å². The van der Waals surface area contributed by atoms with E-state index in [-0.39, 0.29) is 0 Å². The van der Waals surface area contributed by atoms with Crippen LogP contribution in [-0.2, 0) is 19.5 Å². The van der Waals surface area contributed by atoms with E-state index in [0.29, 0.717) is 13.1 Å². The third-order valence-electron chi connectivity index (χ3n) is 3.99. The van der Waals surface area contributed by atoms with Gasteiger partial charge in [0.2, 0.25) is 0 Å². The van der Waals surface area contributed by atoms with Crippen LogP contribution in [0.15, 0.2) is 58.1 Å². The summed E-state index contributed by atoms with van der Waals surface area (Å²) in [4.78, 5) is 10.5. The van der Waals surface area contributed by atoms with Gasteiger partial charge < -0.3 is 15.1 Å². The summed E-state index contributed by atoms with van der Waals surface area (Å²) in [6.07, 6.45) is 2.51. The van der Waals surface area contributed by atoms with Crippen LogP contribution in [0.4, 0.5) is 0 Å². The SMILES string of the molecule is Cc1nc(CNC(=NCc2ccccc2)NCCc2ccco2)sc1C. The summed E-state index contributed by atoms with van der Waals surface area (Å²) >= 11 is 1.72. The summed E-state index contributed by atoms with van der Waals surface area (Å²) in [5.41, 5.74) is 2.28. The fraction of sp³-hybridized carbons (Fsp3) is 0.300. The molecule has 136 valence electrons. The third-order valence-corrected chi connectivity index (χ3v) is 5.06. The lowest BCUT2D eigenvalue weighted by Crippen LogP contribution is -2.38. The second-order valence-electron chi connectivity index (χ2n) is 6.01. The number of benzene rings is 1. The molecule has 0 unspecified atom stereocenters. The molecule has 0 aliphatic carbocycles. The van der Waals surface area contributed by atoms with Gasteiger partial charge in [-0.05, 0) is 31.5 Å². The molecule has 2 heterocycles. The first-order chi connectivity index (χ1) is 12.7. The van der Waals surface area contributed by atoms with Gasteiger partial charge in [-0.2, -0.15) is 0 Å². The largest absolute Gasteiger partial charge is 0.469 e. The Hall–Kier alpha value is -2.60. The first-order valence-electron chi connectivity index (χ1n) is 8.72. The van der Waals surface area contributed by atoms with Gasteiger partial charge in [0.15, 0.2) is 5.96 Å². The molecule has 0 atom stereocenters. The van der Waals surface area contributed by atoms with Gasteiger partial charge >= 0.3 is 0 Å². The molecule has 0 saturated heterocycles. The van der Waals surface area contributed by atoms with Gasteiger partial charge in [-0.25, -0.2) is 9.98 Å². The number of hydrogen-bond donors (Lipinski definition) is 2. The number of rotatable bonds is 7. The highest BCUT2D eigenvalue weighted by molar-refractivity contribution is 7.11. The van der Waals surface area contributed by atoms with Crippen LogP contribution in [0.3, 0.4) is 0 Å². The smallest absolute Gasteiger partial charge is 0.191 e. The van der Waals surface area contributed by atoms with Crippen LogP contribution in [-0.4, -0.2) is 17.5 Å². The molecule has 1 aromatic carbocycles. The fourth-order valence-electron chi connectivity index (χ4n) is 2.46. The second kappa shape index (κ2) is 9.20. The van der Waals surface area contributed by atoms with Gasteiger partial charge in [0.25, 0.3) is 0 Å². The van der Waals surface area contributed by atoms with Crippen molar-refractivity contribution in [2.45, 2.75) is 33.4 Å². The molecule has 0 aliphatic rings. The molecular weight excluding hydrogens is 344 g/mol. The molecular formula is C20H24N4OS. The standard InChI is InChI=1S/C20H24N4OS/c1-15-16(2)26-19(24-15)14-23-20(21-11-10-18-9-6-12-25-18)22-13-17-7-4-3-5-8-17/h3-9,12H,10-11,13-14H2,1-2H3,(H2,21,22,23). The molecule has 5 nitrogen and oxygen atoms in total. The van der Waals surface area contributed by atoms with Crippen molar-refractivity contribution in [3.8, 4) is 0 Å². The van der Waals surface area contributed by atoms with E-state index in [1.165, 1.54) is 10.4 Å². The summed E-state index contributed by atoms with van der Waals surface area (Å²) in [6.45, 7) is 6.20. The van der Waals surface area contributed by atoms with E-state index < -0.39 is 0 Å². The molecule has 6 heteroatoms. The molecule has 0 fully saturated rings. The summed E-state index contributed by atoms with van der Waals surface area (Å²) < 4.78 is 5.38. The maximum Gasteiger partial charge on any atom is 0.191 e. The summed E-state index contributed by atoms with van der Waals surface area (Å²) in [6, 6.07) is 14.1. The highest BCUT2D eigenvalue weighted by atomic mass is 32.1. The monoisotopic (exact) mass is 368 g/mol. The number of guanidine groups is 1. The predicted molar refractivity (Wildman–Crippen MR) is 106 cm³/mol. The summed E-state index contributed by atoms with van der Waals surface area (Å²) in [7, 11) is 0. The van der Waals surface area contributed by atoms with Gasteiger partial charge in [-0.3, -0.25) is 0 Å². The van der Waals surface area contributed by atoms with Crippen LogP contribution >= 0.6 is 11.3 Å². The third kappa shape index (κ3) is 5.46. The predicted octanol–water partition coefficient (Wildman–Crippen LogP) is 3.83. The quantitative estimate of drug-likeness (QED) is 0.491. The Labute approximate surface area is 158 Å². The first-order valence-corrected chi connectivity index (χ1v) is 9.54. The van der Waals surface area contributed by atoms with Gasteiger partial charge in [-0.1, -0.05) is 30.3 Å². The summed E-state index contributed by atoms with van der Waals surface area (Å²) in [5.74, 6) is 1.75. The van der Waals surface area contributed by atoms with Crippen LogP contribution in [0.2, 0.25) is 0 Å². The van der Waals surface area contributed by atoms with Crippen molar-refractivity contribution in [3.63, 3.8) is 0 Å². The highest BCUT2D eigenvalue weighted by Gasteiger charge is 2.06. The van der Waals surface area contributed by atoms with Crippen LogP contribution in [0.5, 0.6) is 0 Å². The molecule has 0 bridgehead atoms. The first kappa shape index (κ1) is 18.2. The number of nitrogens with one attached hydrogen (secondary N) is 2. The van der Waals surface area contributed by atoms with Gasteiger partial charge in [-0.15, -0.1) is 11.3 Å². The fourth-order valence-corrected chi connectivity index (χ4v) is 3.33. The normalized spacial score (nSPS) is 11.5. The average molecular weight is 369 g/mol. The van der Waals surface area contributed by atoms with Crippen molar-refractivity contribution in [2.24, 2.45) is 4.99 Å². The molecule has 3 rings (SSSR count). The van der Waals surface area contributed by atoms with Crippen molar-refractivity contribution >= 4 is 17.3 Å². The van der Waals surface area contributed by atoms with Crippen LogP contribution in [0, 0.1) is 13.8 Å². The van der Waals surface area contributed by atoms with Gasteiger partial charge in [0, 0.05) is 17.8 Å². The van der Waals surface area contributed by atoms with Crippen molar-refractivity contribution in [1.29, 1.82) is 0 Å². The van der Waals surface area contributed by atoms with Crippen LogP contribution in [0.1, 0.15) is 26.9 Å². The van der Waals surface area contributed by atoms with Crippen molar-refractivity contribution in [3.05, 3.63) is 75.6 Å². The number of hydrogen-bond acceptors (Lipinski definition) is 4. The van der Waals surface area contributed by atoms with Crippen molar-refractivity contribution < 1.29 is 4.42 Å². The molecule has 2 N–H and O–H groups in total. The number of aryl methyl sites for hydroxylation is 2. The minimum atomic E-state index is 0.632. The van der Waals surface area contributed by atoms with Gasteiger partial charge in [0.1, 0.15) is 10.8 Å². The minimum Gasteiger partial charge on any atom is -0.469 e. The lowest BCUT2D eigenvalue weighted by Gasteiger charge is -2.11. The van der Waals surface area contributed by atoms with Crippen molar-refractivity contribution in [2.75, 3.05) is 6.54 Å². The molecule has 0 spiro atoms. The van der Waals surface area contributed by atoms with Crippen LogP contribution in [0.25, 0.3) is 0 Å². The Kier molecular flexibility index (Phi) is 6.44. The zero-order chi connectivity index (χ0) is 18.2. The van der Waals surface area contributed by atoms with E-state index in [1.54, 1.807) is 17.6 Å². The highest BCUT2D eigenvalue weighted by Crippen LogP contribution is 2.15. The molecule has 0 amide bonds. The Bertz CT molecular complexity index is 805. The molecule has 0 aliphatic heterocycles. The lowest BCUT2D eigenvalue weighted by molar-refractivity contribution is 0.506. The molecule has 0 saturated carbocycles. The molecule has 0 radical (unpaired) electrons. The topological polar surface area (TPSA) is 62.5 Å². The van der Waals surface area contributed by atoms with E-state index in [1.807, 2.05) is 37.3 Å². The van der Waals surface area contributed by atoms with E-state index in [9.17, 15) is 0 Å². The number of aliphatic imine (C=N–C) groups is 1. The molecule has 26 heavy (non-hydrogen) atoms. The average Bonchev–Trinajstić information content (AvgIpc) is 3.28. The number of furan rings is 1. The molecule has 3 aromatic rings. The zero-order valence-electron chi connectivity index (χ0n) is 15.2. The maximum atomic E-state index is 5.38. The van der Waals surface area contributed by atoms with E-state index in [4.69, 9.17) is 9.41 Å². The number of nitrogens with zero attached hydrogens (tertiary/aromatic N) is 2.